The van der Waals surface area contributed by atoms with Crippen molar-refractivity contribution in [3.05, 3.63) is 54.0 Å². The number of benzene rings is 1. The van der Waals surface area contributed by atoms with Gasteiger partial charge in [-0.1, -0.05) is 26.2 Å². The molecule has 1 aliphatic carbocycles. The van der Waals surface area contributed by atoms with Crippen LogP contribution in [0.2, 0.25) is 0 Å². The van der Waals surface area contributed by atoms with Crippen LogP contribution in [0.3, 0.4) is 0 Å². The maximum Gasteiger partial charge on any atom is 0.573 e. The number of ether oxygens (including phenoxy) is 1. The van der Waals surface area contributed by atoms with Crippen LogP contribution >= 0.6 is 0 Å². The van der Waals surface area contributed by atoms with Crippen molar-refractivity contribution in [1.82, 2.24) is 14.3 Å². The molecule has 206 valence electrons. The maximum absolute atomic E-state index is 12.4. The number of nitrogens with two attached hydrogens (primary N) is 1. The Bertz CT molecular complexity index is 1230. The second-order valence-corrected chi connectivity index (χ2v) is 9.38. The Morgan fingerprint density at radius 2 is 1.82 bits per heavy atom. The average molecular weight is 535 g/mol. The van der Waals surface area contributed by atoms with Gasteiger partial charge in [0.2, 0.25) is 5.91 Å². The number of amides is 1. The topological polar surface area (TPSA) is 112 Å². The molecule has 38 heavy (non-hydrogen) atoms. The Labute approximate surface area is 219 Å². The van der Waals surface area contributed by atoms with Gasteiger partial charge in [0.15, 0.2) is 0 Å². The quantitative estimate of drug-likeness (QED) is 0.363. The van der Waals surface area contributed by atoms with Crippen molar-refractivity contribution in [2.75, 3.05) is 0 Å². The molecule has 1 saturated carbocycles. The zero-order chi connectivity index (χ0) is 27.9. The number of rotatable bonds is 8. The summed E-state index contributed by atoms with van der Waals surface area (Å²) in [4.78, 5) is 21.6. The SMILES string of the molecule is CCCC(N)=O.Cc1c(C(=O)O)cc(-c2cnn(-c3ccc(OC(F)(F)F)cc3)c2)n1CC1CCCCC1. The number of aromatic carboxylic acids is 1. The number of primary amides is 1. The van der Waals surface area contributed by atoms with Crippen molar-refractivity contribution < 1.29 is 32.6 Å². The van der Waals surface area contributed by atoms with Crippen LogP contribution in [0, 0.1) is 12.8 Å². The molecule has 0 aliphatic heterocycles. The lowest BCUT2D eigenvalue weighted by molar-refractivity contribution is -0.274. The van der Waals surface area contributed by atoms with Gasteiger partial charge in [0.05, 0.1) is 23.1 Å². The van der Waals surface area contributed by atoms with Crippen molar-refractivity contribution in [2.45, 2.75) is 71.7 Å². The largest absolute Gasteiger partial charge is 0.573 e. The molecule has 3 aromatic rings. The summed E-state index contributed by atoms with van der Waals surface area (Å²) in [5.74, 6) is -0.987. The third-order valence-corrected chi connectivity index (χ3v) is 6.47. The minimum atomic E-state index is -4.75. The first kappa shape index (κ1) is 28.8. The number of carbonyl (C=O) groups is 2. The summed E-state index contributed by atoms with van der Waals surface area (Å²) in [7, 11) is 0. The molecule has 1 fully saturated rings. The predicted molar refractivity (Wildman–Crippen MR) is 136 cm³/mol. The number of halogens is 3. The minimum absolute atomic E-state index is 0.211. The molecule has 0 atom stereocenters. The van der Waals surface area contributed by atoms with Crippen molar-refractivity contribution in [3.63, 3.8) is 0 Å². The number of alkyl halides is 3. The van der Waals surface area contributed by atoms with Crippen LogP contribution in [0.4, 0.5) is 13.2 Å². The Hall–Kier alpha value is -3.76. The first-order valence-corrected chi connectivity index (χ1v) is 12.6. The van der Waals surface area contributed by atoms with E-state index in [4.69, 9.17) is 5.73 Å². The molecule has 1 aromatic carbocycles. The lowest BCUT2D eigenvalue weighted by Gasteiger charge is -2.24. The predicted octanol–water partition coefficient (Wildman–Crippen LogP) is 6.10. The summed E-state index contributed by atoms with van der Waals surface area (Å²) in [6.45, 7) is 4.49. The van der Waals surface area contributed by atoms with Gasteiger partial charge in [-0.15, -0.1) is 13.2 Å². The molecule has 0 bridgehead atoms. The second-order valence-electron chi connectivity index (χ2n) is 9.38. The smallest absolute Gasteiger partial charge is 0.478 e. The van der Waals surface area contributed by atoms with Crippen LogP contribution in [0.25, 0.3) is 16.9 Å². The standard InChI is InChI=1S/C23H24F3N3O3.C4H9NO/c1-15-20(22(30)31)11-21(28(15)13-16-5-3-2-4-6-16)17-12-27-29(14-17)18-7-9-19(10-8-18)32-23(24,25)26;1-2-3-4(5)6/h7-12,14,16H,2-6,13H2,1H3,(H,30,31);2-3H2,1H3,(H2,5,6). The average Bonchev–Trinajstić information content (AvgIpc) is 3.45. The summed E-state index contributed by atoms with van der Waals surface area (Å²) < 4.78 is 44.6. The van der Waals surface area contributed by atoms with Crippen LogP contribution in [0.5, 0.6) is 5.75 Å². The van der Waals surface area contributed by atoms with Crippen LogP contribution in [0.1, 0.15) is 67.9 Å². The van der Waals surface area contributed by atoms with E-state index < -0.39 is 12.3 Å². The molecule has 8 nitrogen and oxygen atoms in total. The highest BCUT2D eigenvalue weighted by atomic mass is 19.4. The summed E-state index contributed by atoms with van der Waals surface area (Å²) in [5, 5.41) is 14.0. The van der Waals surface area contributed by atoms with Crippen LogP contribution < -0.4 is 10.5 Å². The first-order chi connectivity index (χ1) is 18.0. The van der Waals surface area contributed by atoms with Crippen molar-refractivity contribution >= 4 is 11.9 Å². The van der Waals surface area contributed by atoms with E-state index in [1.165, 1.54) is 43.5 Å². The van der Waals surface area contributed by atoms with Gasteiger partial charge in [-0.3, -0.25) is 4.79 Å². The van der Waals surface area contributed by atoms with E-state index in [9.17, 15) is 27.9 Å². The van der Waals surface area contributed by atoms with E-state index in [-0.39, 0.29) is 17.2 Å². The third-order valence-electron chi connectivity index (χ3n) is 6.47. The molecule has 2 aromatic heterocycles. The summed E-state index contributed by atoms with van der Waals surface area (Å²) in [6, 6.07) is 7.08. The molecular formula is C27H33F3N4O4. The minimum Gasteiger partial charge on any atom is -0.478 e. The van der Waals surface area contributed by atoms with Crippen molar-refractivity contribution in [1.29, 1.82) is 0 Å². The van der Waals surface area contributed by atoms with Gasteiger partial charge in [-0.05, 0) is 62.4 Å². The van der Waals surface area contributed by atoms with Crippen molar-refractivity contribution in [3.8, 4) is 22.7 Å². The summed E-state index contributed by atoms with van der Waals surface area (Å²) in [5.41, 5.74) is 7.81. The fraction of sp³-hybridized carbons (Fsp3) is 0.444. The van der Waals surface area contributed by atoms with Crippen LogP contribution in [-0.4, -0.2) is 37.7 Å². The number of hydrogen-bond acceptors (Lipinski definition) is 4. The Kier molecular flexibility index (Phi) is 9.60. The van der Waals surface area contributed by atoms with Gasteiger partial charge in [-0.2, -0.15) is 5.10 Å². The molecule has 11 heteroatoms. The van der Waals surface area contributed by atoms with Gasteiger partial charge in [0.1, 0.15) is 5.75 Å². The molecular weight excluding hydrogens is 501 g/mol. The maximum atomic E-state index is 12.4. The lowest BCUT2D eigenvalue weighted by atomic mass is 9.89. The molecule has 3 N–H and O–H groups in total. The molecule has 4 rings (SSSR count). The van der Waals surface area contributed by atoms with E-state index in [0.29, 0.717) is 23.7 Å². The third kappa shape index (κ3) is 7.87. The van der Waals surface area contributed by atoms with Crippen LogP contribution in [0.15, 0.2) is 42.7 Å². The van der Waals surface area contributed by atoms with Gasteiger partial charge in [-0.25, -0.2) is 9.48 Å². The van der Waals surface area contributed by atoms with E-state index in [0.717, 1.165) is 37.1 Å². The number of carboxylic acids is 1. The zero-order valence-electron chi connectivity index (χ0n) is 21.5. The van der Waals surface area contributed by atoms with Gasteiger partial charge in [0.25, 0.3) is 0 Å². The summed E-state index contributed by atoms with van der Waals surface area (Å²) >= 11 is 0. The Balaban J connectivity index is 0.000000599. The van der Waals surface area contributed by atoms with Crippen molar-refractivity contribution in [2.24, 2.45) is 11.7 Å². The molecule has 2 heterocycles. The zero-order valence-corrected chi connectivity index (χ0v) is 21.5. The van der Waals surface area contributed by atoms with E-state index in [2.05, 4.69) is 14.4 Å². The molecule has 0 radical (unpaired) electrons. The van der Waals surface area contributed by atoms with Crippen LogP contribution in [-0.2, 0) is 11.3 Å². The van der Waals surface area contributed by atoms with E-state index in [1.54, 1.807) is 23.1 Å². The first-order valence-electron chi connectivity index (χ1n) is 12.6. The highest BCUT2D eigenvalue weighted by molar-refractivity contribution is 5.91. The number of carbonyl (C=O) groups excluding carboxylic acids is 1. The van der Waals surface area contributed by atoms with Gasteiger partial charge >= 0.3 is 12.3 Å². The number of hydrogen-bond donors (Lipinski definition) is 2. The number of aromatic nitrogens is 3. The number of nitrogens with zero attached hydrogens (tertiary/aromatic N) is 3. The van der Waals surface area contributed by atoms with E-state index in [1.807, 2.05) is 13.8 Å². The monoisotopic (exact) mass is 534 g/mol. The van der Waals surface area contributed by atoms with Gasteiger partial charge in [0, 0.05) is 30.4 Å². The fourth-order valence-corrected chi connectivity index (χ4v) is 4.61. The molecule has 0 saturated heterocycles. The Morgan fingerprint density at radius 1 is 1.16 bits per heavy atom. The molecule has 0 spiro atoms. The Morgan fingerprint density at radius 3 is 2.34 bits per heavy atom. The molecule has 1 aliphatic rings. The molecule has 1 amide bonds. The fourth-order valence-electron chi connectivity index (χ4n) is 4.61. The molecule has 0 unspecified atom stereocenters. The van der Waals surface area contributed by atoms with Gasteiger partial charge < -0.3 is 20.1 Å². The lowest BCUT2D eigenvalue weighted by Crippen LogP contribution is -2.17. The summed E-state index contributed by atoms with van der Waals surface area (Å²) in [6.07, 6.45) is 5.90. The highest BCUT2D eigenvalue weighted by Gasteiger charge is 2.31. The highest BCUT2D eigenvalue weighted by Crippen LogP contribution is 2.32. The second kappa shape index (κ2) is 12.7. The van der Waals surface area contributed by atoms with E-state index >= 15 is 0 Å². The number of carboxylic acid groups (broad SMARTS) is 1. The normalized spacial score (nSPS) is 14.0.